The molecule has 0 saturated carbocycles. The molecule has 1 amide bonds. The van der Waals surface area contributed by atoms with Gasteiger partial charge in [-0.2, -0.15) is 15.0 Å². The Morgan fingerprint density at radius 3 is 2.52 bits per heavy atom. The van der Waals surface area contributed by atoms with Gasteiger partial charge in [0.1, 0.15) is 6.73 Å². The van der Waals surface area contributed by atoms with Crippen molar-refractivity contribution in [2.24, 2.45) is 0 Å². The van der Waals surface area contributed by atoms with Gasteiger partial charge < -0.3 is 20.7 Å². The Morgan fingerprint density at radius 1 is 1.12 bits per heavy atom. The number of ether oxygens (including phenoxy) is 1. The number of nitrogens with one attached hydrogen (secondary N) is 3. The highest BCUT2D eigenvalue weighted by molar-refractivity contribution is 8.13. The van der Waals surface area contributed by atoms with Gasteiger partial charge in [0.25, 0.3) is 5.24 Å². The number of methoxy groups -OCH3 is 1. The molecule has 1 aromatic carbocycles. The summed E-state index contributed by atoms with van der Waals surface area (Å²) in [5.74, 6) is 1.49. The molecule has 2 aromatic rings. The van der Waals surface area contributed by atoms with E-state index in [2.05, 4.69) is 30.9 Å². The maximum Gasteiger partial charge on any atom is 0.283 e. The fourth-order valence-electron chi connectivity index (χ4n) is 1.72. The summed E-state index contributed by atoms with van der Waals surface area (Å²) in [4.78, 5) is 24.6. The number of para-hydroxylation sites is 1. The van der Waals surface area contributed by atoms with Crippen molar-refractivity contribution in [3.05, 3.63) is 30.3 Å². The van der Waals surface area contributed by atoms with E-state index in [1.54, 1.807) is 7.11 Å². The zero-order chi connectivity index (χ0) is 17.9. The Balaban J connectivity index is 1.77. The minimum Gasteiger partial charge on any atom is -0.364 e. The third-order valence-electron chi connectivity index (χ3n) is 2.81. The maximum absolute atomic E-state index is 11.9. The summed E-state index contributed by atoms with van der Waals surface area (Å²) in [6, 6.07) is 9.35. The molecule has 0 aliphatic rings. The molecule has 10 heteroatoms. The molecular formula is C15H20N6O2S2. The van der Waals surface area contributed by atoms with Crippen LogP contribution >= 0.6 is 23.5 Å². The van der Waals surface area contributed by atoms with Crippen LogP contribution in [0.2, 0.25) is 0 Å². The topological polar surface area (TPSA) is 101 Å². The monoisotopic (exact) mass is 380 g/mol. The second-order valence-electron chi connectivity index (χ2n) is 4.63. The molecular weight excluding hydrogens is 360 g/mol. The molecule has 1 heterocycles. The molecule has 0 saturated heterocycles. The summed E-state index contributed by atoms with van der Waals surface area (Å²) in [6.07, 6.45) is 1.89. The van der Waals surface area contributed by atoms with E-state index < -0.39 is 0 Å². The number of benzene rings is 1. The molecule has 0 aliphatic heterocycles. The van der Waals surface area contributed by atoms with Crippen molar-refractivity contribution in [2.45, 2.75) is 5.16 Å². The number of amides is 1. The standard InChI is InChI=1S/C15H20N6O2S2/c1-23-10-17-13-19-12(20-14(21-13)24-2)16-8-9-25-15(22)18-11-6-4-3-5-7-11/h3-7H,8-10H2,1-2H3,(H,18,22)(H2,16,17,19,20,21). The van der Waals surface area contributed by atoms with Crippen LogP contribution < -0.4 is 16.0 Å². The van der Waals surface area contributed by atoms with E-state index in [9.17, 15) is 4.79 Å². The SMILES string of the molecule is COCNc1nc(NCCSC(=O)Nc2ccccc2)nc(SC)n1. The minimum absolute atomic E-state index is 0.101. The van der Waals surface area contributed by atoms with Gasteiger partial charge in [0, 0.05) is 25.1 Å². The number of thioether (sulfide) groups is 2. The second-order valence-corrected chi connectivity index (χ2v) is 6.47. The average molecular weight is 380 g/mol. The van der Waals surface area contributed by atoms with Gasteiger partial charge in [-0.15, -0.1) is 0 Å². The summed E-state index contributed by atoms with van der Waals surface area (Å²) in [7, 11) is 1.58. The third-order valence-corrected chi connectivity index (χ3v) is 4.13. The summed E-state index contributed by atoms with van der Waals surface area (Å²) in [5.41, 5.74) is 0.781. The highest BCUT2D eigenvalue weighted by Gasteiger charge is 2.06. The van der Waals surface area contributed by atoms with Crippen LogP contribution in [0.3, 0.4) is 0 Å². The van der Waals surface area contributed by atoms with Crippen LogP contribution in [0.25, 0.3) is 0 Å². The van der Waals surface area contributed by atoms with Crippen LogP contribution in [0.5, 0.6) is 0 Å². The van der Waals surface area contributed by atoms with Crippen molar-refractivity contribution in [2.75, 3.05) is 48.3 Å². The lowest BCUT2D eigenvalue weighted by Crippen LogP contribution is -2.14. The fraction of sp³-hybridized carbons (Fsp3) is 0.333. The largest absolute Gasteiger partial charge is 0.364 e. The molecule has 3 N–H and O–H groups in total. The first kappa shape index (κ1) is 19.3. The highest BCUT2D eigenvalue weighted by atomic mass is 32.2. The van der Waals surface area contributed by atoms with Crippen molar-refractivity contribution < 1.29 is 9.53 Å². The average Bonchev–Trinajstić information content (AvgIpc) is 2.64. The normalized spacial score (nSPS) is 10.3. The lowest BCUT2D eigenvalue weighted by molar-refractivity contribution is 0.220. The van der Waals surface area contributed by atoms with Gasteiger partial charge in [-0.3, -0.25) is 4.79 Å². The van der Waals surface area contributed by atoms with Crippen molar-refractivity contribution >= 4 is 46.3 Å². The molecule has 2 rings (SSSR count). The number of hydrogen-bond acceptors (Lipinski definition) is 9. The van der Waals surface area contributed by atoms with Crippen molar-refractivity contribution in [3.8, 4) is 0 Å². The Bertz CT molecular complexity index is 674. The molecule has 134 valence electrons. The predicted octanol–water partition coefficient (Wildman–Crippen LogP) is 2.99. The van der Waals surface area contributed by atoms with E-state index in [0.29, 0.717) is 36.1 Å². The summed E-state index contributed by atoms with van der Waals surface area (Å²) >= 11 is 2.62. The maximum atomic E-state index is 11.9. The highest BCUT2D eigenvalue weighted by Crippen LogP contribution is 2.14. The number of nitrogens with zero attached hydrogens (tertiary/aromatic N) is 3. The predicted molar refractivity (Wildman–Crippen MR) is 104 cm³/mol. The number of anilines is 3. The van der Waals surface area contributed by atoms with Gasteiger partial charge in [0.15, 0.2) is 5.16 Å². The van der Waals surface area contributed by atoms with Gasteiger partial charge in [-0.1, -0.05) is 41.7 Å². The Kier molecular flexibility index (Phi) is 8.29. The smallest absolute Gasteiger partial charge is 0.283 e. The Hall–Kier alpha value is -2.04. The Morgan fingerprint density at radius 2 is 1.84 bits per heavy atom. The number of hydrogen-bond donors (Lipinski definition) is 3. The molecule has 25 heavy (non-hydrogen) atoms. The van der Waals surface area contributed by atoms with E-state index in [0.717, 1.165) is 5.69 Å². The van der Waals surface area contributed by atoms with Crippen LogP contribution in [0, 0.1) is 0 Å². The first-order valence-corrected chi connectivity index (χ1v) is 9.68. The van der Waals surface area contributed by atoms with E-state index in [1.165, 1.54) is 23.5 Å². The zero-order valence-electron chi connectivity index (χ0n) is 14.0. The summed E-state index contributed by atoms with van der Waals surface area (Å²) in [5, 5.41) is 9.36. The van der Waals surface area contributed by atoms with Crippen LogP contribution in [0.15, 0.2) is 35.5 Å². The van der Waals surface area contributed by atoms with Gasteiger partial charge >= 0.3 is 0 Å². The van der Waals surface area contributed by atoms with Crippen LogP contribution in [0.4, 0.5) is 22.4 Å². The molecule has 0 radical (unpaired) electrons. The number of rotatable bonds is 9. The van der Waals surface area contributed by atoms with Crippen LogP contribution in [-0.2, 0) is 4.74 Å². The van der Waals surface area contributed by atoms with Gasteiger partial charge in [0.2, 0.25) is 11.9 Å². The number of carbonyl (C=O) groups excluding carboxylic acids is 1. The van der Waals surface area contributed by atoms with E-state index in [-0.39, 0.29) is 5.24 Å². The molecule has 0 spiro atoms. The molecule has 8 nitrogen and oxygen atoms in total. The fourth-order valence-corrected chi connectivity index (χ4v) is 2.66. The lowest BCUT2D eigenvalue weighted by atomic mass is 10.3. The first-order chi connectivity index (χ1) is 12.2. The molecule has 0 fully saturated rings. The molecule has 0 atom stereocenters. The molecule has 0 unspecified atom stereocenters. The summed E-state index contributed by atoms with van der Waals surface area (Å²) in [6.45, 7) is 0.862. The second kappa shape index (κ2) is 10.7. The minimum atomic E-state index is -0.101. The van der Waals surface area contributed by atoms with Crippen molar-refractivity contribution in [1.29, 1.82) is 0 Å². The zero-order valence-corrected chi connectivity index (χ0v) is 15.6. The van der Waals surface area contributed by atoms with Crippen LogP contribution in [-0.4, -0.2) is 52.6 Å². The quantitative estimate of drug-likeness (QED) is 0.344. The summed E-state index contributed by atoms with van der Waals surface area (Å²) < 4.78 is 4.95. The molecule has 0 aliphatic carbocycles. The number of carbonyl (C=O) groups is 1. The van der Waals surface area contributed by atoms with Gasteiger partial charge in [-0.25, -0.2) is 0 Å². The third kappa shape index (κ3) is 7.16. The van der Waals surface area contributed by atoms with E-state index in [4.69, 9.17) is 4.74 Å². The van der Waals surface area contributed by atoms with Crippen LogP contribution in [0.1, 0.15) is 0 Å². The van der Waals surface area contributed by atoms with Crippen molar-refractivity contribution in [3.63, 3.8) is 0 Å². The van der Waals surface area contributed by atoms with E-state index >= 15 is 0 Å². The van der Waals surface area contributed by atoms with E-state index in [1.807, 2.05) is 36.6 Å². The first-order valence-electron chi connectivity index (χ1n) is 7.47. The van der Waals surface area contributed by atoms with Crippen molar-refractivity contribution in [1.82, 2.24) is 15.0 Å². The van der Waals surface area contributed by atoms with Gasteiger partial charge in [0.05, 0.1) is 0 Å². The molecule has 1 aromatic heterocycles. The molecule has 0 bridgehead atoms. The number of aromatic nitrogens is 3. The van der Waals surface area contributed by atoms with Gasteiger partial charge in [-0.05, 0) is 18.4 Å². The Labute approximate surface area is 155 Å². The lowest BCUT2D eigenvalue weighted by Gasteiger charge is -2.09.